The zero-order valence-electron chi connectivity index (χ0n) is 21.5. The van der Waals surface area contributed by atoms with Gasteiger partial charge in [0.15, 0.2) is 0 Å². The molecule has 2 amide bonds. The van der Waals surface area contributed by atoms with Gasteiger partial charge in [0.2, 0.25) is 5.91 Å². The van der Waals surface area contributed by atoms with Crippen LogP contribution in [0.1, 0.15) is 36.9 Å². The van der Waals surface area contributed by atoms with Crippen LogP contribution < -0.4 is 15.2 Å². The maximum absolute atomic E-state index is 14.8. The Hall–Kier alpha value is -3.31. The summed E-state index contributed by atoms with van der Waals surface area (Å²) in [6.07, 6.45) is -0.792. The molecule has 0 bridgehead atoms. The van der Waals surface area contributed by atoms with Gasteiger partial charge >= 0.3 is 5.97 Å². The highest BCUT2D eigenvalue weighted by molar-refractivity contribution is 6.88. The van der Waals surface area contributed by atoms with Crippen molar-refractivity contribution in [1.82, 2.24) is 4.90 Å². The molecule has 0 radical (unpaired) electrons. The van der Waals surface area contributed by atoms with Crippen molar-refractivity contribution in [3.05, 3.63) is 53.1 Å². The van der Waals surface area contributed by atoms with Gasteiger partial charge < -0.3 is 25.2 Å². The van der Waals surface area contributed by atoms with E-state index in [1.807, 2.05) is 19.6 Å². The summed E-state index contributed by atoms with van der Waals surface area (Å²) in [5, 5.41) is 22.0. The van der Waals surface area contributed by atoms with E-state index in [0.717, 1.165) is 17.7 Å². The molecular formula is C26H32F2N2O6Si. The largest absolute Gasteiger partial charge is 0.497 e. The van der Waals surface area contributed by atoms with Crippen molar-refractivity contribution < 1.29 is 38.1 Å². The zero-order chi connectivity index (χ0) is 27.7. The molecule has 0 aliphatic carbocycles. The van der Waals surface area contributed by atoms with Crippen molar-refractivity contribution in [2.45, 2.75) is 57.5 Å². The van der Waals surface area contributed by atoms with Crippen molar-refractivity contribution in [3.63, 3.8) is 0 Å². The number of amides is 2. The maximum Gasteiger partial charge on any atom is 0.306 e. The number of rotatable bonds is 8. The molecule has 1 aliphatic heterocycles. The van der Waals surface area contributed by atoms with Crippen LogP contribution in [-0.4, -0.2) is 60.2 Å². The van der Waals surface area contributed by atoms with E-state index >= 15 is 0 Å². The number of methoxy groups -OCH3 is 1. The fourth-order valence-electron chi connectivity index (χ4n) is 4.67. The van der Waals surface area contributed by atoms with E-state index in [9.17, 15) is 28.3 Å². The maximum atomic E-state index is 14.8. The highest BCUT2D eigenvalue weighted by Gasteiger charge is 2.39. The molecule has 3 rings (SSSR count). The Labute approximate surface area is 215 Å². The standard InChI is InChI=1S/C26H32F2N2O6Si/c1-26(35,14-22(32)33)13-21(31)30-9-8-15-10-17(36-2)6-7-18(15)23(30)25(34)29-16-11-19(27)24(20(28)12-16)37(3,4)5/h6-7,10-12,23,35H,8-9,13-14H2,1-5H3,(H,29,34)(H,32,33)/t23-,26?/m1/s1. The molecule has 3 N–H and O–H groups in total. The summed E-state index contributed by atoms with van der Waals surface area (Å²) in [5.41, 5.74) is -0.668. The lowest BCUT2D eigenvalue weighted by atomic mass is 9.90. The van der Waals surface area contributed by atoms with Gasteiger partial charge in [-0.2, -0.15) is 0 Å². The van der Waals surface area contributed by atoms with Crippen LogP contribution in [0.2, 0.25) is 19.6 Å². The fourth-order valence-corrected chi connectivity index (χ4v) is 6.25. The third-order valence-corrected chi connectivity index (χ3v) is 8.25. The summed E-state index contributed by atoms with van der Waals surface area (Å²) < 4.78 is 34.9. The third-order valence-electron chi connectivity index (χ3n) is 6.27. The van der Waals surface area contributed by atoms with Gasteiger partial charge in [0.1, 0.15) is 23.4 Å². The minimum atomic E-state index is -2.33. The van der Waals surface area contributed by atoms with E-state index in [1.54, 1.807) is 18.2 Å². The number of carboxylic acid groups (broad SMARTS) is 1. The average Bonchev–Trinajstić information content (AvgIpc) is 2.74. The minimum Gasteiger partial charge on any atom is -0.497 e. The van der Waals surface area contributed by atoms with E-state index in [0.29, 0.717) is 17.7 Å². The van der Waals surface area contributed by atoms with Crippen LogP contribution in [0.5, 0.6) is 5.75 Å². The number of halogens is 2. The van der Waals surface area contributed by atoms with Gasteiger partial charge in [-0.15, -0.1) is 0 Å². The van der Waals surface area contributed by atoms with Crippen molar-refractivity contribution in [1.29, 1.82) is 0 Å². The molecule has 0 saturated heterocycles. The zero-order valence-corrected chi connectivity index (χ0v) is 22.5. The fraction of sp³-hybridized carbons (Fsp3) is 0.423. The lowest BCUT2D eigenvalue weighted by Gasteiger charge is -2.38. The molecule has 37 heavy (non-hydrogen) atoms. The second-order valence-corrected chi connectivity index (χ2v) is 15.6. The number of carboxylic acids is 1. The van der Waals surface area contributed by atoms with Crippen molar-refractivity contribution in [2.75, 3.05) is 19.0 Å². The molecule has 0 saturated carbocycles. The van der Waals surface area contributed by atoms with Gasteiger partial charge in [0.05, 0.1) is 33.6 Å². The summed E-state index contributed by atoms with van der Waals surface area (Å²) in [4.78, 5) is 39.1. The van der Waals surface area contributed by atoms with Gasteiger partial charge in [-0.25, -0.2) is 8.78 Å². The summed E-state index contributed by atoms with van der Waals surface area (Å²) in [6, 6.07) is 5.98. The molecule has 2 aromatic rings. The van der Waals surface area contributed by atoms with Crippen LogP contribution in [0.15, 0.2) is 30.3 Å². The number of carbonyl (C=O) groups is 3. The Morgan fingerprint density at radius 3 is 2.30 bits per heavy atom. The second-order valence-electron chi connectivity index (χ2n) is 10.6. The van der Waals surface area contributed by atoms with E-state index in [4.69, 9.17) is 9.84 Å². The number of ether oxygens (including phenoxy) is 1. The quantitative estimate of drug-likeness (QED) is 0.448. The number of benzene rings is 2. The molecule has 8 nitrogen and oxygen atoms in total. The first-order valence-electron chi connectivity index (χ1n) is 11.8. The second kappa shape index (κ2) is 10.6. The smallest absolute Gasteiger partial charge is 0.306 e. The highest BCUT2D eigenvalue weighted by Crippen LogP contribution is 2.34. The predicted molar refractivity (Wildman–Crippen MR) is 137 cm³/mol. The SMILES string of the molecule is COc1ccc2c(c1)CCN(C(=O)CC(C)(O)CC(=O)O)[C@H]2C(=O)Nc1cc(F)c([Si](C)(C)C)c(F)c1. The first-order chi connectivity index (χ1) is 17.1. The topological polar surface area (TPSA) is 116 Å². The molecule has 2 atom stereocenters. The molecule has 1 unspecified atom stereocenters. The lowest BCUT2D eigenvalue weighted by molar-refractivity contribution is -0.148. The van der Waals surface area contributed by atoms with Gasteiger partial charge in [-0.1, -0.05) is 25.7 Å². The molecule has 2 aromatic carbocycles. The molecule has 1 aliphatic rings. The number of nitrogens with one attached hydrogen (secondary N) is 1. The number of nitrogens with zero attached hydrogens (tertiary/aromatic N) is 1. The first kappa shape index (κ1) is 28.3. The minimum absolute atomic E-state index is 0.0260. The number of aliphatic carboxylic acids is 1. The molecule has 0 aromatic heterocycles. The average molecular weight is 535 g/mol. The summed E-state index contributed by atoms with van der Waals surface area (Å²) in [7, 11) is -0.825. The van der Waals surface area contributed by atoms with Gasteiger partial charge in [-0.3, -0.25) is 14.4 Å². The first-order valence-corrected chi connectivity index (χ1v) is 15.3. The van der Waals surface area contributed by atoms with Crippen molar-refractivity contribution in [2.24, 2.45) is 0 Å². The van der Waals surface area contributed by atoms with E-state index < -0.39 is 62.0 Å². The Morgan fingerprint density at radius 1 is 1.14 bits per heavy atom. The van der Waals surface area contributed by atoms with E-state index in [-0.39, 0.29) is 17.4 Å². The Morgan fingerprint density at radius 2 is 1.76 bits per heavy atom. The van der Waals surface area contributed by atoms with Gasteiger partial charge in [-0.05, 0) is 48.7 Å². The number of anilines is 1. The highest BCUT2D eigenvalue weighted by atomic mass is 28.3. The van der Waals surface area contributed by atoms with Crippen LogP contribution in [0.4, 0.5) is 14.5 Å². The van der Waals surface area contributed by atoms with E-state index in [2.05, 4.69) is 5.32 Å². The molecule has 200 valence electrons. The number of aliphatic hydroxyl groups is 1. The molecule has 0 fully saturated rings. The number of fused-ring (bicyclic) bond motifs is 1. The predicted octanol–water partition coefficient (Wildman–Crippen LogP) is 3.20. The van der Waals surface area contributed by atoms with Crippen LogP contribution in [-0.2, 0) is 20.8 Å². The summed E-state index contributed by atoms with van der Waals surface area (Å²) in [6.45, 7) is 6.77. The van der Waals surface area contributed by atoms with Crippen LogP contribution in [0.3, 0.4) is 0 Å². The Bertz CT molecular complexity index is 1210. The van der Waals surface area contributed by atoms with Crippen molar-refractivity contribution in [3.8, 4) is 5.75 Å². The Kier molecular flexibility index (Phi) is 8.08. The van der Waals surface area contributed by atoms with Crippen molar-refractivity contribution >= 4 is 36.7 Å². The molecule has 11 heteroatoms. The monoisotopic (exact) mass is 534 g/mol. The lowest BCUT2D eigenvalue weighted by Crippen LogP contribution is -2.48. The normalized spacial score (nSPS) is 17.0. The van der Waals surface area contributed by atoms with Crippen LogP contribution in [0, 0.1) is 11.6 Å². The molecule has 1 heterocycles. The third kappa shape index (κ3) is 6.52. The van der Waals surface area contributed by atoms with Gasteiger partial charge in [0.25, 0.3) is 5.91 Å². The Balaban J connectivity index is 1.98. The van der Waals surface area contributed by atoms with Gasteiger partial charge in [0, 0.05) is 17.4 Å². The van der Waals surface area contributed by atoms with E-state index in [1.165, 1.54) is 18.9 Å². The van der Waals surface area contributed by atoms with Crippen LogP contribution in [0.25, 0.3) is 0 Å². The summed E-state index contributed by atoms with van der Waals surface area (Å²) in [5.74, 6) is -3.53. The number of hydrogen-bond acceptors (Lipinski definition) is 5. The molecule has 0 spiro atoms. The summed E-state index contributed by atoms with van der Waals surface area (Å²) >= 11 is 0. The molecular weight excluding hydrogens is 502 g/mol. The van der Waals surface area contributed by atoms with Crippen LogP contribution >= 0.6 is 0 Å². The number of hydrogen-bond donors (Lipinski definition) is 3. The number of carbonyl (C=O) groups excluding carboxylic acids is 2.